The number of aryl methyl sites for hydroxylation is 1. The number of ether oxygens (including phenoxy) is 1. The largest absolute Gasteiger partial charge is 0.497 e. The van der Waals surface area contributed by atoms with Gasteiger partial charge in [0.15, 0.2) is 0 Å². The number of nitrogens with one attached hydrogen (secondary N) is 1. The smallest absolute Gasteiger partial charge is 0.292 e. The van der Waals surface area contributed by atoms with Crippen molar-refractivity contribution in [2.24, 2.45) is 5.92 Å². The lowest BCUT2D eigenvalue weighted by Gasteiger charge is -2.31. The minimum Gasteiger partial charge on any atom is -0.497 e. The van der Waals surface area contributed by atoms with Crippen LogP contribution in [0.5, 0.6) is 5.75 Å². The number of nitrogens with zero attached hydrogens (tertiary/aromatic N) is 2. The zero-order valence-corrected chi connectivity index (χ0v) is 17.4. The number of hydrogen-bond acceptors (Lipinski definition) is 5. The zero-order valence-electron chi connectivity index (χ0n) is 17.4. The van der Waals surface area contributed by atoms with Gasteiger partial charge < -0.3 is 15.0 Å². The Labute approximate surface area is 177 Å². The molecule has 7 heteroatoms. The van der Waals surface area contributed by atoms with Crippen LogP contribution in [0.2, 0.25) is 0 Å². The summed E-state index contributed by atoms with van der Waals surface area (Å²) in [5.41, 5.74) is 1.51. The molecule has 0 aromatic heterocycles. The summed E-state index contributed by atoms with van der Waals surface area (Å²) in [7, 11) is 1.68. The number of amides is 1. The van der Waals surface area contributed by atoms with E-state index in [9.17, 15) is 14.9 Å². The molecule has 1 heterocycles. The minimum atomic E-state index is -0.480. The van der Waals surface area contributed by atoms with E-state index in [2.05, 4.69) is 22.3 Å². The highest BCUT2D eigenvalue weighted by Gasteiger charge is 2.20. The topological polar surface area (TPSA) is 84.7 Å². The van der Waals surface area contributed by atoms with Crippen LogP contribution in [0.25, 0.3) is 0 Å². The van der Waals surface area contributed by atoms with Gasteiger partial charge in [0.1, 0.15) is 11.4 Å². The van der Waals surface area contributed by atoms with Crippen LogP contribution in [-0.2, 0) is 11.2 Å². The number of likely N-dealkylation sites (tertiary alicyclic amines) is 1. The fourth-order valence-corrected chi connectivity index (χ4v) is 3.87. The number of methoxy groups -OCH3 is 1. The molecule has 2 aromatic rings. The average Bonchev–Trinajstić information content (AvgIpc) is 2.77. The molecule has 0 bridgehead atoms. The van der Waals surface area contributed by atoms with Gasteiger partial charge in [0, 0.05) is 19.0 Å². The molecular weight excluding hydrogens is 382 g/mol. The van der Waals surface area contributed by atoms with Crippen LogP contribution >= 0.6 is 0 Å². The summed E-state index contributed by atoms with van der Waals surface area (Å²) in [6.45, 7) is 2.66. The van der Waals surface area contributed by atoms with E-state index in [1.807, 2.05) is 12.1 Å². The molecule has 7 nitrogen and oxygen atoms in total. The van der Waals surface area contributed by atoms with E-state index in [4.69, 9.17) is 4.74 Å². The number of nitro benzene ring substituents is 1. The number of rotatable bonds is 9. The number of benzene rings is 2. The third kappa shape index (κ3) is 6.29. The van der Waals surface area contributed by atoms with Gasteiger partial charge in [-0.3, -0.25) is 14.9 Å². The van der Waals surface area contributed by atoms with E-state index in [1.165, 1.54) is 18.1 Å². The zero-order chi connectivity index (χ0) is 21.3. The molecule has 2 aromatic carbocycles. The number of nitro groups is 1. The van der Waals surface area contributed by atoms with Gasteiger partial charge in [0.2, 0.25) is 5.91 Å². The Hall–Kier alpha value is -2.93. The number of piperidine rings is 1. The fourth-order valence-electron chi connectivity index (χ4n) is 3.87. The van der Waals surface area contributed by atoms with Crippen molar-refractivity contribution in [3.63, 3.8) is 0 Å². The van der Waals surface area contributed by atoms with Crippen LogP contribution in [-0.4, -0.2) is 42.5 Å². The maximum absolute atomic E-state index is 12.2. The normalized spacial score (nSPS) is 15.0. The van der Waals surface area contributed by atoms with Gasteiger partial charge in [-0.2, -0.15) is 0 Å². The first kappa shape index (κ1) is 21.8. The second kappa shape index (κ2) is 10.7. The average molecular weight is 412 g/mol. The monoisotopic (exact) mass is 411 g/mol. The molecular formula is C23H29N3O4. The Balaban J connectivity index is 1.36. The Bertz CT molecular complexity index is 846. The predicted molar refractivity (Wildman–Crippen MR) is 117 cm³/mol. The highest BCUT2D eigenvalue weighted by atomic mass is 16.6. The van der Waals surface area contributed by atoms with Crippen LogP contribution < -0.4 is 10.1 Å². The molecule has 1 saturated heterocycles. The van der Waals surface area contributed by atoms with Crippen molar-refractivity contribution in [3.8, 4) is 5.75 Å². The SMILES string of the molecule is COc1ccc(CCC2CCN(CCC(=O)Nc3ccccc3[N+](=O)[O-])CC2)cc1. The maximum atomic E-state index is 12.2. The van der Waals surface area contributed by atoms with Crippen LogP contribution in [0.15, 0.2) is 48.5 Å². The van der Waals surface area contributed by atoms with Crippen molar-refractivity contribution >= 4 is 17.3 Å². The first-order valence-corrected chi connectivity index (χ1v) is 10.4. The molecule has 0 radical (unpaired) electrons. The number of carbonyl (C=O) groups is 1. The fraction of sp³-hybridized carbons (Fsp3) is 0.435. The molecule has 0 saturated carbocycles. The highest BCUT2D eigenvalue weighted by Crippen LogP contribution is 2.25. The Morgan fingerprint density at radius 2 is 1.87 bits per heavy atom. The van der Waals surface area contributed by atoms with Gasteiger partial charge in [-0.15, -0.1) is 0 Å². The Kier molecular flexibility index (Phi) is 7.79. The van der Waals surface area contributed by atoms with Crippen LogP contribution in [0.1, 0.15) is 31.2 Å². The highest BCUT2D eigenvalue weighted by molar-refractivity contribution is 5.93. The summed E-state index contributed by atoms with van der Waals surface area (Å²) in [5, 5.41) is 13.7. The summed E-state index contributed by atoms with van der Waals surface area (Å²) in [6.07, 6.45) is 4.87. The Morgan fingerprint density at radius 3 is 2.53 bits per heavy atom. The van der Waals surface area contributed by atoms with Crippen LogP contribution in [0, 0.1) is 16.0 Å². The van der Waals surface area contributed by atoms with E-state index >= 15 is 0 Å². The lowest BCUT2D eigenvalue weighted by molar-refractivity contribution is -0.383. The first-order chi connectivity index (χ1) is 14.5. The Morgan fingerprint density at radius 1 is 1.17 bits per heavy atom. The molecule has 30 heavy (non-hydrogen) atoms. The molecule has 1 N–H and O–H groups in total. The van der Waals surface area contributed by atoms with E-state index in [0.717, 1.165) is 38.1 Å². The molecule has 0 aliphatic carbocycles. The molecule has 1 aliphatic heterocycles. The minimum absolute atomic E-state index is 0.0801. The lowest BCUT2D eigenvalue weighted by Crippen LogP contribution is -2.35. The number of carbonyl (C=O) groups excluding carboxylic acids is 1. The molecule has 1 amide bonds. The molecule has 3 rings (SSSR count). The van der Waals surface area contributed by atoms with Gasteiger partial charge in [0.05, 0.1) is 12.0 Å². The molecule has 0 spiro atoms. The molecule has 0 atom stereocenters. The molecule has 0 unspecified atom stereocenters. The van der Waals surface area contributed by atoms with Crippen molar-refractivity contribution in [2.45, 2.75) is 32.1 Å². The lowest BCUT2D eigenvalue weighted by atomic mass is 9.90. The van der Waals surface area contributed by atoms with E-state index in [0.29, 0.717) is 18.9 Å². The van der Waals surface area contributed by atoms with E-state index in [-0.39, 0.29) is 17.3 Å². The summed E-state index contributed by atoms with van der Waals surface area (Å²) >= 11 is 0. The van der Waals surface area contributed by atoms with Crippen molar-refractivity contribution in [1.29, 1.82) is 0 Å². The molecule has 160 valence electrons. The third-order valence-corrected chi connectivity index (χ3v) is 5.74. The van der Waals surface area contributed by atoms with Crippen molar-refractivity contribution in [1.82, 2.24) is 4.90 Å². The first-order valence-electron chi connectivity index (χ1n) is 10.4. The van der Waals surface area contributed by atoms with Gasteiger partial charge >= 0.3 is 0 Å². The number of hydrogen-bond donors (Lipinski definition) is 1. The molecule has 1 fully saturated rings. The summed E-state index contributed by atoms with van der Waals surface area (Å²) < 4.78 is 5.20. The second-order valence-electron chi connectivity index (χ2n) is 7.74. The summed E-state index contributed by atoms with van der Waals surface area (Å²) in [6, 6.07) is 14.5. The van der Waals surface area contributed by atoms with Gasteiger partial charge in [-0.25, -0.2) is 0 Å². The summed E-state index contributed by atoms with van der Waals surface area (Å²) in [4.78, 5) is 25.1. The summed E-state index contributed by atoms with van der Waals surface area (Å²) in [5.74, 6) is 1.41. The quantitative estimate of drug-likeness (QED) is 0.492. The number of anilines is 1. The van der Waals surface area contributed by atoms with Gasteiger partial charge in [-0.05, 0) is 68.5 Å². The number of para-hydroxylation sites is 2. The van der Waals surface area contributed by atoms with Crippen molar-refractivity contribution in [2.75, 3.05) is 32.1 Å². The second-order valence-corrected chi connectivity index (χ2v) is 7.74. The third-order valence-electron chi connectivity index (χ3n) is 5.74. The van der Waals surface area contributed by atoms with Crippen molar-refractivity contribution < 1.29 is 14.5 Å². The van der Waals surface area contributed by atoms with E-state index < -0.39 is 4.92 Å². The predicted octanol–water partition coefficient (Wildman–Crippen LogP) is 4.28. The standard InChI is InChI=1S/C23H29N3O4/c1-30-20-10-8-18(9-11-20)6-7-19-12-15-25(16-13-19)17-14-23(27)24-21-4-2-3-5-22(21)26(28)29/h2-5,8-11,19H,6-7,12-17H2,1H3,(H,24,27). The van der Waals surface area contributed by atoms with Crippen molar-refractivity contribution in [3.05, 3.63) is 64.2 Å². The van der Waals surface area contributed by atoms with Crippen LogP contribution in [0.3, 0.4) is 0 Å². The van der Waals surface area contributed by atoms with Crippen LogP contribution in [0.4, 0.5) is 11.4 Å². The van der Waals surface area contributed by atoms with Gasteiger partial charge in [0.25, 0.3) is 5.69 Å². The maximum Gasteiger partial charge on any atom is 0.292 e. The van der Waals surface area contributed by atoms with Gasteiger partial charge in [-0.1, -0.05) is 24.3 Å². The van der Waals surface area contributed by atoms with E-state index in [1.54, 1.807) is 25.3 Å². The molecule has 1 aliphatic rings.